The van der Waals surface area contributed by atoms with Crippen molar-refractivity contribution in [3.05, 3.63) is 70.5 Å². The zero-order valence-electron chi connectivity index (χ0n) is 14.3. The van der Waals surface area contributed by atoms with Gasteiger partial charge in [-0.3, -0.25) is 9.59 Å². The van der Waals surface area contributed by atoms with E-state index < -0.39 is 0 Å². The summed E-state index contributed by atoms with van der Waals surface area (Å²) in [6.07, 6.45) is 0.205. The molecule has 3 rings (SSSR count). The van der Waals surface area contributed by atoms with Crippen molar-refractivity contribution < 1.29 is 4.79 Å². The fourth-order valence-electron chi connectivity index (χ4n) is 2.49. The molecular formula is C19H20N4O2S. The van der Waals surface area contributed by atoms with Gasteiger partial charge in [-0.25, -0.2) is 4.68 Å². The number of hydrogen-bond acceptors (Lipinski definition) is 5. The molecule has 7 heteroatoms. The number of hydrogen-bond donors (Lipinski definition) is 1. The highest BCUT2D eigenvalue weighted by atomic mass is 32.2. The van der Waals surface area contributed by atoms with Crippen LogP contribution in [0.3, 0.4) is 0 Å². The molecule has 0 saturated heterocycles. The summed E-state index contributed by atoms with van der Waals surface area (Å²) in [5, 5.41) is 11.3. The average molecular weight is 368 g/mol. The number of rotatable bonds is 8. The van der Waals surface area contributed by atoms with Crippen LogP contribution in [0.2, 0.25) is 0 Å². The summed E-state index contributed by atoms with van der Waals surface area (Å²) in [6, 6.07) is 17.3. The Labute approximate surface area is 155 Å². The maximum absolute atomic E-state index is 12.3. The van der Waals surface area contributed by atoms with Gasteiger partial charge in [0.2, 0.25) is 5.91 Å². The normalized spacial score (nSPS) is 10.8. The van der Waals surface area contributed by atoms with Gasteiger partial charge < -0.3 is 5.32 Å². The van der Waals surface area contributed by atoms with Gasteiger partial charge in [0.05, 0.1) is 11.9 Å². The molecule has 0 saturated carbocycles. The number of aryl methyl sites for hydroxylation is 1. The van der Waals surface area contributed by atoms with E-state index in [9.17, 15) is 9.59 Å². The maximum atomic E-state index is 12.3. The second-order valence-corrected chi connectivity index (χ2v) is 6.88. The first kappa shape index (κ1) is 18.1. The molecule has 1 N–H and O–H groups in total. The van der Waals surface area contributed by atoms with E-state index in [1.807, 2.05) is 24.3 Å². The predicted octanol–water partition coefficient (Wildman–Crippen LogP) is 2.23. The number of carbonyl (C=O) groups is 1. The van der Waals surface area contributed by atoms with E-state index in [1.165, 1.54) is 10.2 Å². The zero-order chi connectivity index (χ0) is 18.2. The van der Waals surface area contributed by atoms with Crippen molar-refractivity contribution in [2.75, 3.05) is 12.3 Å². The second-order valence-electron chi connectivity index (χ2n) is 5.77. The van der Waals surface area contributed by atoms with Gasteiger partial charge in [-0.2, -0.15) is 11.8 Å². The van der Waals surface area contributed by atoms with Gasteiger partial charge in [-0.15, -0.1) is 5.10 Å². The van der Waals surface area contributed by atoms with Gasteiger partial charge in [0.15, 0.2) is 0 Å². The third kappa shape index (κ3) is 4.92. The van der Waals surface area contributed by atoms with Crippen LogP contribution in [0.1, 0.15) is 12.0 Å². The second kappa shape index (κ2) is 9.15. The van der Waals surface area contributed by atoms with E-state index in [0.717, 1.165) is 11.5 Å². The predicted molar refractivity (Wildman–Crippen MR) is 104 cm³/mol. The van der Waals surface area contributed by atoms with Crippen LogP contribution in [0, 0.1) is 0 Å². The van der Waals surface area contributed by atoms with Crippen LogP contribution in [0.4, 0.5) is 0 Å². The SMILES string of the molecule is O=C(CCn1nnc2ccccc2c1=O)NCCSCc1ccccc1. The van der Waals surface area contributed by atoms with E-state index in [2.05, 4.69) is 27.8 Å². The molecule has 0 spiro atoms. The van der Waals surface area contributed by atoms with Crippen LogP contribution in [0.5, 0.6) is 0 Å². The van der Waals surface area contributed by atoms with Crippen molar-refractivity contribution in [1.82, 2.24) is 20.3 Å². The Morgan fingerprint density at radius 1 is 1.08 bits per heavy atom. The van der Waals surface area contributed by atoms with Gasteiger partial charge in [0.25, 0.3) is 5.56 Å². The quantitative estimate of drug-likeness (QED) is 0.617. The van der Waals surface area contributed by atoms with Crippen LogP contribution >= 0.6 is 11.8 Å². The fourth-order valence-corrected chi connectivity index (χ4v) is 3.31. The summed E-state index contributed by atoms with van der Waals surface area (Å²) in [7, 11) is 0. The first-order valence-electron chi connectivity index (χ1n) is 8.45. The minimum atomic E-state index is -0.221. The molecular weight excluding hydrogens is 348 g/mol. The number of nitrogens with one attached hydrogen (secondary N) is 1. The summed E-state index contributed by atoms with van der Waals surface area (Å²) in [6.45, 7) is 0.828. The van der Waals surface area contributed by atoms with E-state index in [4.69, 9.17) is 0 Å². The molecule has 0 bridgehead atoms. The first-order valence-corrected chi connectivity index (χ1v) is 9.60. The average Bonchev–Trinajstić information content (AvgIpc) is 2.68. The van der Waals surface area contributed by atoms with Crippen LogP contribution < -0.4 is 10.9 Å². The van der Waals surface area contributed by atoms with Crippen molar-refractivity contribution in [3.63, 3.8) is 0 Å². The zero-order valence-corrected chi connectivity index (χ0v) is 15.1. The number of aromatic nitrogens is 3. The van der Waals surface area contributed by atoms with Crippen molar-refractivity contribution in [1.29, 1.82) is 0 Å². The highest BCUT2D eigenvalue weighted by Crippen LogP contribution is 2.10. The lowest BCUT2D eigenvalue weighted by molar-refractivity contribution is -0.121. The minimum Gasteiger partial charge on any atom is -0.355 e. The van der Waals surface area contributed by atoms with Crippen molar-refractivity contribution >= 4 is 28.6 Å². The number of carbonyl (C=O) groups excluding carboxylic acids is 1. The van der Waals surface area contributed by atoms with Gasteiger partial charge in [-0.1, -0.05) is 47.7 Å². The van der Waals surface area contributed by atoms with Crippen molar-refractivity contribution in [2.24, 2.45) is 0 Å². The number of benzene rings is 2. The topological polar surface area (TPSA) is 76.9 Å². The smallest absolute Gasteiger partial charge is 0.277 e. The largest absolute Gasteiger partial charge is 0.355 e. The summed E-state index contributed by atoms with van der Waals surface area (Å²) >= 11 is 1.77. The molecule has 134 valence electrons. The van der Waals surface area contributed by atoms with Crippen molar-refractivity contribution in [3.8, 4) is 0 Å². The standard InChI is InChI=1S/C19H20N4O2S/c24-18(20-11-13-26-14-15-6-2-1-3-7-15)10-12-23-19(25)16-8-4-5-9-17(16)21-22-23/h1-9H,10-14H2,(H,20,24). The Morgan fingerprint density at radius 3 is 2.69 bits per heavy atom. The fraction of sp³-hybridized carbons (Fsp3) is 0.263. The molecule has 1 heterocycles. The van der Waals surface area contributed by atoms with Crippen LogP contribution in [-0.2, 0) is 17.1 Å². The van der Waals surface area contributed by atoms with E-state index in [1.54, 1.807) is 30.0 Å². The Bertz CT molecular complexity index is 927. The Morgan fingerprint density at radius 2 is 1.85 bits per heavy atom. The summed E-state index contributed by atoms with van der Waals surface area (Å²) < 4.78 is 1.24. The third-order valence-corrected chi connectivity index (χ3v) is 4.89. The van der Waals surface area contributed by atoms with E-state index in [0.29, 0.717) is 17.4 Å². The Hall–Kier alpha value is -2.67. The lowest BCUT2D eigenvalue weighted by atomic mass is 10.2. The molecule has 2 aromatic carbocycles. The number of thioether (sulfide) groups is 1. The lowest BCUT2D eigenvalue weighted by Crippen LogP contribution is -2.30. The molecule has 0 radical (unpaired) electrons. The third-order valence-electron chi connectivity index (χ3n) is 3.86. The first-order chi connectivity index (χ1) is 12.7. The molecule has 0 aliphatic rings. The van der Waals surface area contributed by atoms with Gasteiger partial charge in [0.1, 0.15) is 5.52 Å². The van der Waals surface area contributed by atoms with Crippen LogP contribution in [0.15, 0.2) is 59.4 Å². The molecule has 0 aliphatic heterocycles. The van der Waals surface area contributed by atoms with Crippen LogP contribution in [0.25, 0.3) is 10.9 Å². The summed E-state index contributed by atoms with van der Waals surface area (Å²) in [5.41, 5.74) is 1.62. The molecule has 0 unspecified atom stereocenters. The van der Waals surface area contributed by atoms with Crippen LogP contribution in [-0.4, -0.2) is 33.2 Å². The lowest BCUT2D eigenvalue weighted by Gasteiger charge is -2.07. The molecule has 3 aromatic rings. The molecule has 6 nitrogen and oxygen atoms in total. The van der Waals surface area contributed by atoms with Gasteiger partial charge in [-0.05, 0) is 17.7 Å². The molecule has 1 amide bonds. The Balaban J connectivity index is 1.40. The molecule has 0 fully saturated rings. The van der Waals surface area contributed by atoms with Gasteiger partial charge in [0, 0.05) is 24.5 Å². The minimum absolute atomic E-state index is 0.0906. The number of nitrogens with zero attached hydrogens (tertiary/aromatic N) is 3. The number of amides is 1. The van der Waals surface area contributed by atoms with Crippen molar-refractivity contribution in [2.45, 2.75) is 18.7 Å². The number of fused-ring (bicyclic) bond motifs is 1. The maximum Gasteiger partial charge on any atom is 0.277 e. The summed E-state index contributed by atoms with van der Waals surface area (Å²) in [4.78, 5) is 24.2. The molecule has 1 aromatic heterocycles. The summed E-state index contributed by atoms with van der Waals surface area (Å²) in [5.74, 6) is 1.68. The highest BCUT2D eigenvalue weighted by molar-refractivity contribution is 7.98. The molecule has 0 atom stereocenters. The van der Waals surface area contributed by atoms with E-state index in [-0.39, 0.29) is 24.4 Å². The molecule has 0 aliphatic carbocycles. The van der Waals surface area contributed by atoms with Gasteiger partial charge >= 0.3 is 0 Å². The molecule has 26 heavy (non-hydrogen) atoms. The van der Waals surface area contributed by atoms with E-state index >= 15 is 0 Å². The monoisotopic (exact) mass is 368 g/mol. The Kier molecular flexibility index (Phi) is 6.38. The highest BCUT2D eigenvalue weighted by Gasteiger charge is 2.07.